The van der Waals surface area contributed by atoms with Gasteiger partial charge in [-0.25, -0.2) is 9.79 Å². The summed E-state index contributed by atoms with van der Waals surface area (Å²) in [4.78, 5) is 32.4. The topological polar surface area (TPSA) is 69.9 Å². The molecule has 31 heavy (non-hydrogen) atoms. The van der Waals surface area contributed by atoms with Gasteiger partial charge in [-0.3, -0.25) is 9.36 Å². The lowest BCUT2D eigenvalue weighted by Crippen LogP contribution is -2.39. The Kier molecular flexibility index (Phi) is 6.27. The number of benzene rings is 1. The predicted molar refractivity (Wildman–Crippen MR) is 125 cm³/mol. The van der Waals surface area contributed by atoms with Crippen molar-refractivity contribution in [1.29, 1.82) is 0 Å². The lowest BCUT2D eigenvalue weighted by atomic mass is 9.96. The molecule has 6 nitrogen and oxygen atoms in total. The van der Waals surface area contributed by atoms with E-state index in [0.717, 1.165) is 14.2 Å². The highest BCUT2D eigenvalue weighted by atomic mass is 79.9. The molecular formula is C22H19BrN2O4S2. The fraction of sp³-hybridized carbons (Fsp3) is 0.227. The van der Waals surface area contributed by atoms with E-state index in [1.807, 2.05) is 42.5 Å². The van der Waals surface area contributed by atoms with Crippen molar-refractivity contribution in [3.05, 3.63) is 81.6 Å². The summed E-state index contributed by atoms with van der Waals surface area (Å²) in [7, 11) is 1.59. The Bertz CT molecular complexity index is 1350. The molecular weight excluding hydrogens is 500 g/mol. The molecule has 9 heteroatoms. The van der Waals surface area contributed by atoms with Crippen molar-refractivity contribution in [2.45, 2.75) is 19.9 Å². The Morgan fingerprint density at radius 2 is 1.97 bits per heavy atom. The predicted octanol–water partition coefficient (Wildman–Crippen LogP) is 3.63. The molecule has 0 fully saturated rings. The van der Waals surface area contributed by atoms with Crippen molar-refractivity contribution < 1.29 is 14.3 Å². The highest BCUT2D eigenvalue weighted by molar-refractivity contribution is 9.11. The van der Waals surface area contributed by atoms with Crippen LogP contribution < -0.4 is 19.6 Å². The second-order valence-corrected chi connectivity index (χ2v) is 10.2. The van der Waals surface area contributed by atoms with Gasteiger partial charge in [-0.1, -0.05) is 23.5 Å². The molecule has 2 aromatic heterocycles. The Morgan fingerprint density at radius 3 is 2.58 bits per heavy atom. The summed E-state index contributed by atoms with van der Waals surface area (Å²) in [6.45, 7) is 3.77. The fourth-order valence-electron chi connectivity index (χ4n) is 3.43. The molecule has 0 saturated carbocycles. The molecule has 1 aliphatic heterocycles. The van der Waals surface area contributed by atoms with Gasteiger partial charge in [0.15, 0.2) is 4.80 Å². The van der Waals surface area contributed by atoms with Crippen LogP contribution in [-0.4, -0.2) is 24.3 Å². The number of allylic oxidation sites excluding steroid dienone is 1. The molecule has 0 bridgehead atoms. The zero-order chi connectivity index (χ0) is 22.1. The second-order valence-electron chi connectivity index (χ2n) is 6.72. The summed E-state index contributed by atoms with van der Waals surface area (Å²) >= 11 is 6.30. The molecule has 3 heterocycles. The molecule has 0 amide bonds. The lowest BCUT2D eigenvalue weighted by molar-refractivity contribution is -0.139. The van der Waals surface area contributed by atoms with Crippen molar-refractivity contribution in [3.8, 4) is 5.75 Å². The molecule has 1 aromatic carbocycles. The average molecular weight is 519 g/mol. The Morgan fingerprint density at radius 1 is 1.23 bits per heavy atom. The standard InChI is InChI=1S/C22H19BrN2O4S2/c1-4-29-21(27)18-12(2)24-22-25(19(18)13-5-7-14(28-3)8-6-13)20(26)16(31-22)11-15-9-10-17(23)30-15/h5-11,19H,4H2,1-3H3/b16-11+/t19-/m0/s1. The van der Waals surface area contributed by atoms with E-state index in [4.69, 9.17) is 9.47 Å². The largest absolute Gasteiger partial charge is 0.497 e. The zero-order valence-electron chi connectivity index (χ0n) is 17.0. The number of aromatic nitrogens is 1. The smallest absolute Gasteiger partial charge is 0.338 e. The van der Waals surface area contributed by atoms with E-state index in [9.17, 15) is 9.59 Å². The highest BCUT2D eigenvalue weighted by Crippen LogP contribution is 2.31. The first-order chi connectivity index (χ1) is 14.9. The number of fused-ring (bicyclic) bond motifs is 1. The zero-order valence-corrected chi connectivity index (χ0v) is 20.3. The first kappa shape index (κ1) is 21.7. The molecule has 0 N–H and O–H groups in total. The van der Waals surface area contributed by atoms with E-state index in [1.54, 1.807) is 36.9 Å². The first-order valence-electron chi connectivity index (χ1n) is 9.52. The number of esters is 1. The number of carbonyl (C=O) groups excluding carboxylic acids is 1. The van der Waals surface area contributed by atoms with Gasteiger partial charge < -0.3 is 9.47 Å². The lowest BCUT2D eigenvalue weighted by Gasteiger charge is -2.24. The number of ether oxygens (including phenoxy) is 2. The van der Waals surface area contributed by atoms with Gasteiger partial charge in [0.1, 0.15) is 5.75 Å². The van der Waals surface area contributed by atoms with E-state index in [1.165, 1.54) is 11.3 Å². The fourth-order valence-corrected chi connectivity index (χ4v) is 5.91. The van der Waals surface area contributed by atoms with Crippen molar-refractivity contribution in [1.82, 2.24) is 4.57 Å². The van der Waals surface area contributed by atoms with E-state index in [2.05, 4.69) is 20.9 Å². The SMILES string of the molecule is CCOC(=O)C1=C(C)N=c2s/c(=C/c3ccc(Br)s3)c(=O)n2[C@H]1c1ccc(OC)cc1. The van der Waals surface area contributed by atoms with Crippen LogP contribution in [0.5, 0.6) is 5.75 Å². The van der Waals surface area contributed by atoms with Crippen LogP contribution in [0.1, 0.15) is 30.3 Å². The molecule has 3 aromatic rings. The van der Waals surface area contributed by atoms with Crippen molar-refractivity contribution in [2.24, 2.45) is 4.99 Å². The number of hydrogen-bond donors (Lipinski definition) is 0. The number of nitrogens with zero attached hydrogens (tertiary/aromatic N) is 2. The van der Waals surface area contributed by atoms with Gasteiger partial charge in [-0.15, -0.1) is 11.3 Å². The minimum atomic E-state index is -0.626. The molecule has 0 unspecified atom stereocenters. The number of thiazole rings is 1. The van der Waals surface area contributed by atoms with Gasteiger partial charge >= 0.3 is 5.97 Å². The summed E-state index contributed by atoms with van der Waals surface area (Å²) in [5.74, 6) is 0.221. The third kappa shape index (κ3) is 4.17. The second kappa shape index (κ2) is 8.94. The summed E-state index contributed by atoms with van der Waals surface area (Å²) in [6.07, 6.45) is 1.85. The molecule has 1 aliphatic rings. The Hall–Kier alpha value is -2.49. The number of rotatable bonds is 5. The number of halogens is 1. The first-order valence-corrected chi connectivity index (χ1v) is 11.9. The van der Waals surface area contributed by atoms with Gasteiger partial charge in [0.2, 0.25) is 0 Å². The van der Waals surface area contributed by atoms with Crippen molar-refractivity contribution >= 4 is 50.6 Å². The summed E-state index contributed by atoms with van der Waals surface area (Å²) < 4.78 is 13.7. The normalized spacial score (nSPS) is 16.1. The van der Waals surface area contributed by atoms with Crippen LogP contribution in [0.3, 0.4) is 0 Å². The van der Waals surface area contributed by atoms with E-state index >= 15 is 0 Å². The van der Waals surface area contributed by atoms with Gasteiger partial charge in [-0.2, -0.15) is 0 Å². The third-order valence-electron chi connectivity index (χ3n) is 4.82. The van der Waals surface area contributed by atoms with Crippen LogP contribution >= 0.6 is 38.6 Å². The highest BCUT2D eigenvalue weighted by Gasteiger charge is 2.33. The van der Waals surface area contributed by atoms with Gasteiger partial charge in [0.05, 0.1) is 39.3 Å². The van der Waals surface area contributed by atoms with E-state index in [-0.39, 0.29) is 12.2 Å². The molecule has 160 valence electrons. The minimum Gasteiger partial charge on any atom is -0.497 e. The van der Waals surface area contributed by atoms with Gasteiger partial charge in [-0.05, 0) is 65.7 Å². The maximum atomic E-state index is 13.4. The molecule has 0 spiro atoms. The van der Waals surface area contributed by atoms with Gasteiger partial charge in [0, 0.05) is 4.88 Å². The number of carbonyl (C=O) groups is 1. The van der Waals surface area contributed by atoms with E-state index in [0.29, 0.717) is 26.4 Å². The van der Waals surface area contributed by atoms with Crippen molar-refractivity contribution in [3.63, 3.8) is 0 Å². The Labute approximate surface area is 194 Å². The van der Waals surface area contributed by atoms with E-state index < -0.39 is 12.0 Å². The van der Waals surface area contributed by atoms with Crippen LogP contribution in [-0.2, 0) is 9.53 Å². The van der Waals surface area contributed by atoms with Crippen LogP contribution in [0.4, 0.5) is 0 Å². The number of methoxy groups -OCH3 is 1. The summed E-state index contributed by atoms with van der Waals surface area (Å²) in [5.41, 5.74) is 1.50. The number of thiophene rings is 1. The molecule has 0 saturated heterocycles. The molecule has 4 rings (SSSR count). The maximum Gasteiger partial charge on any atom is 0.338 e. The van der Waals surface area contributed by atoms with Crippen LogP contribution in [0.2, 0.25) is 0 Å². The summed E-state index contributed by atoms with van der Waals surface area (Å²) in [6, 6.07) is 10.6. The monoisotopic (exact) mass is 518 g/mol. The summed E-state index contributed by atoms with van der Waals surface area (Å²) in [5, 5.41) is 0. The molecule has 0 aliphatic carbocycles. The minimum absolute atomic E-state index is 0.191. The van der Waals surface area contributed by atoms with Crippen LogP contribution in [0.25, 0.3) is 6.08 Å². The maximum absolute atomic E-state index is 13.4. The number of hydrogen-bond acceptors (Lipinski definition) is 7. The van der Waals surface area contributed by atoms with Crippen molar-refractivity contribution in [2.75, 3.05) is 13.7 Å². The van der Waals surface area contributed by atoms with Crippen LogP contribution in [0.15, 0.2) is 61.2 Å². The quantitative estimate of drug-likeness (QED) is 0.483. The van der Waals surface area contributed by atoms with Crippen LogP contribution in [0, 0.1) is 0 Å². The van der Waals surface area contributed by atoms with Gasteiger partial charge in [0.25, 0.3) is 5.56 Å². The average Bonchev–Trinajstić information content (AvgIpc) is 3.30. The third-order valence-corrected chi connectivity index (χ3v) is 7.37. The molecule has 1 atom stereocenters. The molecule has 0 radical (unpaired) electrons. The Balaban J connectivity index is 1.94.